The van der Waals surface area contributed by atoms with Crippen LogP contribution in [0.5, 0.6) is 0 Å². The van der Waals surface area contributed by atoms with Crippen molar-refractivity contribution in [2.24, 2.45) is 5.73 Å². The molecule has 0 radical (unpaired) electrons. The van der Waals surface area contributed by atoms with Gasteiger partial charge in [0.1, 0.15) is 0 Å². The molecule has 1 aromatic rings. The van der Waals surface area contributed by atoms with Gasteiger partial charge in [-0.05, 0) is 30.5 Å². The summed E-state index contributed by atoms with van der Waals surface area (Å²) in [5.74, 6) is -0.275. The molecule has 0 saturated heterocycles. The molecule has 2 amide bonds. The Kier molecular flexibility index (Phi) is 10.2. The maximum atomic E-state index is 12.4. The van der Waals surface area contributed by atoms with E-state index in [0.29, 0.717) is 6.54 Å². The van der Waals surface area contributed by atoms with Crippen molar-refractivity contribution in [2.75, 3.05) is 6.54 Å². The third kappa shape index (κ3) is 6.79. The first kappa shape index (κ1) is 22.9. The average molecular weight is 421 g/mol. The molecule has 0 aliphatic heterocycles. The van der Waals surface area contributed by atoms with Crippen LogP contribution in [0.4, 0.5) is 0 Å². The van der Waals surface area contributed by atoms with Gasteiger partial charge in [0.2, 0.25) is 11.8 Å². The van der Waals surface area contributed by atoms with Crippen molar-refractivity contribution in [1.82, 2.24) is 10.6 Å². The minimum absolute atomic E-state index is 0. The fourth-order valence-corrected chi connectivity index (χ4v) is 2.76. The van der Waals surface area contributed by atoms with Crippen LogP contribution in [0, 0.1) is 0 Å². The summed E-state index contributed by atoms with van der Waals surface area (Å²) in [4.78, 5) is 23.9. The van der Waals surface area contributed by atoms with E-state index in [1.54, 1.807) is 0 Å². The molecule has 5 nitrogen and oxygen atoms in total. The van der Waals surface area contributed by atoms with E-state index in [2.05, 4.69) is 26.6 Å². The van der Waals surface area contributed by atoms with Crippen LogP contribution in [0.3, 0.4) is 0 Å². The number of hydrogen-bond acceptors (Lipinski definition) is 3. The first-order valence-corrected chi connectivity index (χ1v) is 8.68. The van der Waals surface area contributed by atoms with E-state index in [1.807, 2.05) is 38.1 Å². The summed E-state index contributed by atoms with van der Waals surface area (Å²) in [6.45, 7) is 5.87. The van der Waals surface area contributed by atoms with Gasteiger partial charge >= 0.3 is 0 Å². The van der Waals surface area contributed by atoms with Crippen LogP contribution in [0.2, 0.25) is 0 Å². The lowest BCUT2D eigenvalue weighted by atomic mass is 9.92. The molecule has 0 spiro atoms. The molecule has 0 heterocycles. The van der Waals surface area contributed by atoms with Gasteiger partial charge in [-0.1, -0.05) is 41.9 Å². The number of benzene rings is 1. The fourth-order valence-electron chi connectivity index (χ4n) is 2.49. The van der Waals surface area contributed by atoms with Gasteiger partial charge in [0.15, 0.2) is 0 Å². The number of nitrogens with two attached hydrogens (primary N) is 1. The predicted octanol–water partition coefficient (Wildman–Crippen LogP) is 3.07. The van der Waals surface area contributed by atoms with E-state index in [4.69, 9.17) is 5.73 Å². The summed E-state index contributed by atoms with van der Waals surface area (Å²) >= 11 is 3.38. The van der Waals surface area contributed by atoms with Crippen LogP contribution >= 0.6 is 28.3 Å². The standard InChI is InChI=1S/C17H26BrN3O2.ClH/c1-4-17(5-2,11-19)21-16(23)10-15(20-12(3)22)13-6-8-14(18)9-7-13;/h6-9,15H,4-5,10-11,19H2,1-3H3,(H,20,22)(H,21,23);1H. The maximum Gasteiger partial charge on any atom is 0.222 e. The van der Waals surface area contributed by atoms with Crippen molar-refractivity contribution < 1.29 is 9.59 Å². The van der Waals surface area contributed by atoms with Gasteiger partial charge < -0.3 is 16.4 Å². The summed E-state index contributed by atoms with van der Waals surface area (Å²) in [5.41, 5.74) is 6.34. The Hall–Kier alpha value is -1.11. The lowest BCUT2D eigenvalue weighted by Crippen LogP contribution is -2.53. The smallest absolute Gasteiger partial charge is 0.222 e. The molecule has 1 atom stereocenters. The zero-order chi connectivity index (χ0) is 17.5. The van der Waals surface area contributed by atoms with Gasteiger partial charge in [-0.15, -0.1) is 12.4 Å². The lowest BCUT2D eigenvalue weighted by Gasteiger charge is -2.32. The van der Waals surface area contributed by atoms with Gasteiger partial charge in [0.25, 0.3) is 0 Å². The topological polar surface area (TPSA) is 84.2 Å². The second-order valence-corrected chi connectivity index (χ2v) is 6.66. The van der Waals surface area contributed by atoms with Crippen molar-refractivity contribution in [2.45, 2.75) is 51.6 Å². The molecule has 24 heavy (non-hydrogen) atoms. The zero-order valence-electron chi connectivity index (χ0n) is 14.4. The second-order valence-electron chi connectivity index (χ2n) is 5.75. The highest BCUT2D eigenvalue weighted by Crippen LogP contribution is 2.21. The van der Waals surface area contributed by atoms with Crippen LogP contribution in [0.1, 0.15) is 51.6 Å². The van der Waals surface area contributed by atoms with Crippen LogP contribution in [-0.4, -0.2) is 23.9 Å². The van der Waals surface area contributed by atoms with Crippen molar-refractivity contribution in [3.8, 4) is 0 Å². The summed E-state index contributed by atoms with van der Waals surface area (Å²) < 4.78 is 0.950. The van der Waals surface area contributed by atoms with E-state index >= 15 is 0 Å². The molecule has 0 aromatic heterocycles. The molecule has 7 heteroatoms. The van der Waals surface area contributed by atoms with E-state index in [1.165, 1.54) is 6.92 Å². The molecule has 136 valence electrons. The third-order valence-corrected chi connectivity index (χ3v) is 4.72. The molecular weight excluding hydrogens is 394 g/mol. The van der Waals surface area contributed by atoms with E-state index < -0.39 is 0 Å². The number of carbonyl (C=O) groups excluding carboxylic acids is 2. The van der Waals surface area contributed by atoms with E-state index in [9.17, 15) is 9.59 Å². The number of nitrogens with one attached hydrogen (secondary N) is 2. The molecule has 0 saturated carbocycles. The van der Waals surface area contributed by atoms with Crippen LogP contribution in [0.25, 0.3) is 0 Å². The number of carbonyl (C=O) groups is 2. The lowest BCUT2D eigenvalue weighted by molar-refractivity contribution is -0.124. The summed E-state index contributed by atoms with van der Waals surface area (Å²) in [6, 6.07) is 7.22. The molecule has 0 aliphatic rings. The number of rotatable bonds is 8. The highest BCUT2D eigenvalue weighted by atomic mass is 79.9. The monoisotopic (exact) mass is 419 g/mol. The number of halogens is 2. The molecule has 1 rings (SSSR count). The molecule has 1 aromatic carbocycles. The molecular formula is C17H27BrClN3O2. The molecule has 0 bridgehead atoms. The summed E-state index contributed by atoms with van der Waals surface area (Å²) in [6.07, 6.45) is 1.73. The van der Waals surface area contributed by atoms with E-state index in [-0.39, 0.29) is 42.2 Å². The Balaban J connectivity index is 0.00000529. The Morgan fingerprint density at radius 1 is 1.21 bits per heavy atom. The van der Waals surface area contributed by atoms with Crippen molar-refractivity contribution in [3.63, 3.8) is 0 Å². The highest BCUT2D eigenvalue weighted by Gasteiger charge is 2.27. The average Bonchev–Trinajstić information content (AvgIpc) is 2.52. The first-order chi connectivity index (χ1) is 10.9. The van der Waals surface area contributed by atoms with Crippen molar-refractivity contribution in [3.05, 3.63) is 34.3 Å². The first-order valence-electron chi connectivity index (χ1n) is 7.89. The van der Waals surface area contributed by atoms with Crippen molar-refractivity contribution >= 4 is 40.2 Å². The van der Waals surface area contributed by atoms with Crippen LogP contribution in [0.15, 0.2) is 28.7 Å². The molecule has 1 unspecified atom stereocenters. The van der Waals surface area contributed by atoms with Crippen LogP contribution in [-0.2, 0) is 9.59 Å². The molecule has 0 fully saturated rings. The Bertz CT molecular complexity index is 525. The van der Waals surface area contributed by atoms with Gasteiger partial charge in [0.05, 0.1) is 18.0 Å². The maximum absolute atomic E-state index is 12.4. The third-order valence-electron chi connectivity index (χ3n) is 4.19. The predicted molar refractivity (Wildman–Crippen MR) is 103 cm³/mol. The van der Waals surface area contributed by atoms with Gasteiger partial charge in [-0.25, -0.2) is 0 Å². The normalized spacial score (nSPS) is 12.0. The minimum Gasteiger partial charge on any atom is -0.349 e. The van der Waals surface area contributed by atoms with E-state index in [0.717, 1.165) is 22.9 Å². The van der Waals surface area contributed by atoms with Crippen LogP contribution < -0.4 is 16.4 Å². The quantitative estimate of drug-likeness (QED) is 0.604. The second kappa shape index (κ2) is 10.7. The zero-order valence-corrected chi connectivity index (χ0v) is 16.8. The Morgan fingerprint density at radius 3 is 2.17 bits per heavy atom. The highest BCUT2D eigenvalue weighted by molar-refractivity contribution is 9.10. The van der Waals surface area contributed by atoms with Gasteiger partial charge in [-0.2, -0.15) is 0 Å². The number of amides is 2. The molecule has 4 N–H and O–H groups in total. The van der Waals surface area contributed by atoms with Gasteiger partial charge in [-0.3, -0.25) is 9.59 Å². The fraction of sp³-hybridized carbons (Fsp3) is 0.529. The largest absolute Gasteiger partial charge is 0.349 e. The SMILES string of the molecule is CCC(CC)(CN)NC(=O)CC(NC(C)=O)c1ccc(Br)cc1.Cl. The molecule has 0 aliphatic carbocycles. The minimum atomic E-state index is -0.377. The van der Waals surface area contributed by atoms with Crippen molar-refractivity contribution in [1.29, 1.82) is 0 Å². The van der Waals surface area contributed by atoms with Gasteiger partial charge in [0, 0.05) is 17.9 Å². The number of hydrogen-bond donors (Lipinski definition) is 3. The Labute approximate surface area is 158 Å². The summed E-state index contributed by atoms with van der Waals surface area (Å²) in [7, 11) is 0. The Morgan fingerprint density at radius 2 is 1.75 bits per heavy atom. The summed E-state index contributed by atoms with van der Waals surface area (Å²) in [5, 5.41) is 5.88.